The molecule has 0 saturated carbocycles. The fraction of sp³-hybridized carbons (Fsp3) is 0. The van der Waals surface area contributed by atoms with Crippen molar-refractivity contribution in [3.05, 3.63) is 80.4 Å². The van der Waals surface area contributed by atoms with E-state index < -0.39 is 5.91 Å². The Kier molecular flexibility index (Phi) is 4.32. The first-order valence-electron chi connectivity index (χ1n) is 6.73. The van der Waals surface area contributed by atoms with Gasteiger partial charge in [-0.3, -0.25) is 9.59 Å². The van der Waals surface area contributed by atoms with Crippen molar-refractivity contribution in [2.75, 3.05) is 5.32 Å². The summed E-state index contributed by atoms with van der Waals surface area (Å²) in [4.78, 5) is 24.0. The van der Waals surface area contributed by atoms with E-state index in [1.807, 2.05) is 29.6 Å². The minimum absolute atomic E-state index is 0.139. The summed E-state index contributed by atoms with van der Waals surface area (Å²) in [5, 5.41) is 10.6. The van der Waals surface area contributed by atoms with Crippen molar-refractivity contribution in [2.24, 2.45) is 0 Å². The highest BCUT2D eigenvalue weighted by molar-refractivity contribution is 7.10. The van der Waals surface area contributed by atoms with Crippen molar-refractivity contribution in [3.8, 4) is 11.8 Å². The molecule has 112 valence electrons. The predicted molar refractivity (Wildman–Crippen MR) is 89.6 cm³/mol. The molecule has 2 heterocycles. The van der Waals surface area contributed by atoms with Gasteiger partial charge >= 0.3 is 0 Å². The van der Waals surface area contributed by atoms with Crippen LogP contribution < -0.4 is 10.9 Å². The Morgan fingerprint density at radius 2 is 2.04 bits per heavy atom. The number of nitrogens with one attached hydrogen (secondary N) is 2. The monoisotopic (exact) mass is 321 g/mol. The van der Waals surface area contributed by atoms with Crippen molar-refractivity contribution in [2.45, 2.75) is 0 Å². The quantitative estimate of drug-likeness (QED) is 0.712. The molecule has 0 radical (unpaired) electrons. The number of thiophene rings is 1. The maximum atomic E-state index is 12.1. The van der Waals surface area contributed by atoms with Gasteiger partial charge in [0.25, 0.3) is 11.5 Å². The van der Waals surface area contributed by atoms with Crippen LogP contribution in [0, 0.1) is 11.8 Å². The fourth-order valence-electron chi connectivity index (χ4n) is 1.82. The lowest BCUT2D eigenvalue weighted by atomic mass is 10.2. The number of hydrogen-bond acceptors (Lipinski definition) is 4. The van der Waals surface area contributed by atoms with Gasteiger partial charge in [0.15, 0.2) is 0 Å². The summed E-state index contributed by atoms with van der Waals surface area (Å²) in [6.07, 6.45) is 0. The van der Waals surface area contributed by atoms with Crippen LogP contribution in [0.4, 0.5) is 5.69 Å². The topological polar surface area (TPSA) is 74.8 Å². The molecule has 0 atom stereocenters. The Labute approximate surface area is 136 Å². The summed E-state index contributed by atoms with van der Waals surface area (Å²) in [6.45, 7) is 0. The SMILES string of the molecule is O=C(Nc1cccc(C#Cc2cccs2)c1)c1ccc(=O)[nH]n1. The van der Waals surface area contributed by atoms with Crippen LogP contribution in [0.15, 0.2) is 58.7 Å². The van der Waals surface area contributed by atoms with Gasteiger partial charge in [0.05, 0.1) is 4.88 Å². The Morgan fingerprint density at radius 1 is 1.13 bits per heavy atom. The minimum Gasteiger partial charge on any atom is -0.321 e. The van der Waals surface area contributed by atoms with Gasteiger partial charge in [-0.25, -0.2) is 5.10 Å². The summed E-state index contributed by atoms with van der Waals surface area (Å²) < 4.78 is 0. The molecule has 0 fully saturated rings. The van der Waals surface area contributed by atoms with E-state index in [9.17, 15) is 9.59 Å². The van der Waals surface area contributed by atoms with Crippen molar-refractivity contribution in [1.29, 1.82) is 0 Å². The largest absolute Gasteiger partial charge is 0.321 e. The van der Waals surface area contributed by atoms with E-state index in [2.05, 4.69) is 27.4 Å². The van der Waals surface area contributed by atoms with E-state index in [0.29, 0.717) is 5.69 Å². The number of aromatic nitrogens is 2. The number of H-pyrrole nitrogens is 1. The number of anilines is 1. The lowest BCUT2D eigenvalue weighted by Gasteiger charge is -2.04. The first-order chi connectivity index (χ1) is 11.2. The van der Waals surface area contributed by atoms with Crippen LogP contribution in [0.3, 0.4) is 0 Å². The first-order valence-corrected chi connectivity index (χ1v) is 7.61. The molecular formula is C17H11N3O2S. The van der Waals surface area contributed by atoms with Gasteiger partial charge in [0.2, 0.25) is 0 Å². The van der Waals surface area contributed by atoms with Gasteiger partial charge in [-0.1, -0.05) is 24.0 Å². The third kappa shape index (κ3) is 3.93. The van der Waals surface area contributed by atoms with Crippen molar-refractivity contribution >= 4 is 22.9 Å². The zero-order valence-electron chi connectivity index (χ0n) is 11.9. The standard InChI is InChI=1S/C17H11N3O2S/c21-16-9-8-15(19-20-16)17(22)18-13-4-1-3-12(11-13)6-7-14-5-2-10-23-14/h1-5,8-11H,(H,18,22)(H,20,21). The summed E-state index contributed by atoms with van der Waals surface area (Å²) in [7, 11) is 0. The number of benzene rings is 1. The number of aromatic amines is 1. The van der Waals surface area contributed by atoms with Gasteiger partial charge in [-0.2, -0.15) is 5.10 Å². The summed E-state index contributed by atoms with van der Waals surface area (Å²) in [5.41, 5.74) is 1.19. The summed E-state index contributed by atoms with van der Waals surface area (Å²) in [5.74, 6) is 5.72. The van der Waals surface area contributed by atoms with Crippen LogP contribution in [-0.4, -0.2) is 16.1 Å². The van der Waals surface area contributed by atoms with Crippen molar-refractivity contribution in [1.82, 2.24) is 10.2 Å². The molecule has 1 aromatic carbocycles. The molecule has 23 heavy (non-hydrogen) atoms. The van der Waals surface area contributed by atoms with Crippen molar-refractivity contribution in [3.63, 3.8) is 0 Å². The fourth-order valence-corrected chi connectivity index (χ4v) is 2.40. The number of nitrogens with zero attached hydrogens (tertiary/aromatic N) is 1. The van der Waals surface area contributed by atoms with Crippen LogP contribution in [0.25, 0.3) is 0 Å². The third-order valence-corrected chi connectivity index (χ3v) is 3.67. The molecule has 1 amide bonds. The van der Waals surface area contributed by atoms with E-state index in [0.717, 1.165) is 10.4 Å². The van der Waals surface area contributed by atoms with Crippen LogP contribution in [0.5, 0.6) is 0 Å². The molecule has 0 spiro atoms. The van der Waals surface area contributed by atoms with Crippen molar-refractivity contribution < 1.29 is 4.79 Å². The molecule has 6 heteroatoms. The molecule has 5 nitrogen and oxygen atoms in total. The van der Waals surface area contributed by atoms with Gasteiger partial charge in [-0.05, 0) is 35.7 Å². The highest BCUT2D eigenvalue weighted by Crippen LogP contribution is 2.12. The molecule has 2 N–H and O–H groups in total. The molecule has 3 aromatic rings. The Bertz CT molecular complexity index is 929. The Hall–Kier alpha value is -3.17. The number of amides is 1. The molecule has 3 rings (SSSR count). The number of carbonyl (C=O) groups is 1. The predicted octanol–water partition coefficient (Wildman–Crippen LogP) is 2.48. The zero-order valence-corrected chi connectivity index (χ0v) is 12.7. The summed E-state index contributed by atoms with van der Waals surface area (Å²) >= 11 is 1.57. The van der Waals surface area contributed by atoms with Crippen LogP contribution in [0.1, 0.15) is 20.9 Å². The number of rotatable bonds is 2. The Morgan fingerprint density at radius 3 is 2.78 bits per heavy atom. The van der Waals surface area contributed by atoms with Gasteiger partial charge in [-0.15, -0.1) is 11.3 Å². The van der Waals surface area contributed by atoms with E-state index >= 15 is 0 Å². The highest BCUT2D eigenvalue weighted by Gasteiger charge is 2.07. The molecule has 0 aliphatic carbocycles. The Balaban J connectivity index is 1.76. The molecule has 0 bridgehead atoms. The zero-order chi connectivity index (χ0) is 16.1. The lowest BCUT2D eigenvalue weighted by molar-refractivity contribution is 0.102. The van der Waals surface area contributed by atoms with Gasteiger partial charge < -0.3 is 5.32 Å². The van der Waals surface area contributed by atoms with Crippen LogP contribution >= 0.6 is 11.3 Å². The minimum atomic E-state index is -0.399. The smallest absolute Gasteiger partial charge is 0.276 e. The average molecular weight is 321 g/mol. The second-order valence-electron chi connectivity index (χ2n) is 4.57. The van der Waals surface area contributed by atoms with Gasteiger partial charge in [0.1, 0.15) is 5.69 Å². The molecule has 0 saturated heterocycles. The van der Waals surface area contributed by atoms with Crippen LogP contribution in [0.2, 0.25) is 0 Å². The van der Waals surface area contributed by atoms with Gasteiger partial charge in [0, 0.05) is 17.3 Å². The number of hydrogen-bond donors (Lipinski definition) is 2. The molecule has 0 unspecified atom stereocenters. The normalized spacial score (nSPS) is 9.74. The second kappa shape index (κ2) is 6.73. The third-order valence-electron chi connectivity index (χ3n) is 2.88. The number of carbonyl (C=O) groups excluding carboxylic acids is 1. The second-order valence-corrected chi connectivity index (χ2v) is 5.52. The average Bonchev–Trinajstić information content (AvgIpc) is 3.07. The summed E-state index contributed by atoms with van der Waals surface area (Å²) in [6, 6.07) is 13.8. The lowest BCUT2D eigenvalue weighted by Crippen LogP contribution is -2.17. The molecule has 0 aliphatic rings. The van der Waals surface area contributed by atoms with E-state index in [-0.39, 0.29) is 11.3 Å². The molecular weight excluding hydrogens is 310 g/mol. The molecule has 2 aromatic heterocycles. The van der Waals surface area contributed by atoms with E-state index in [1.54, 1.807) is 23.5 Å². The highest BCUT2D eigenvalue weighted by atomic mass is 32.1. The van der Waals surface area contributed by atoms with E-state index in [4.69, 9.17) is 0 Å². The maximum absolute atomic E-state index is 12.1. The maximum Gasteiger partial charge on any atom is 0.276 e. The van der Waals surface area contributed by atoms with Crippen LogP contribution in [-0.2, 0) is 0 Å². The molecule has 0 aliphatic heterocycles. The van der Waals surface area contributed by atoms with E-state index in [1.165, 1.54) is 12.1 Å². The first kappa shape index (κ1) is 14.8.